The second kappa shape index (κ2) is 6.32. The summed E-state index contributed by atoms with van der Waals surface area (Å²) >= 11 is 0. The molecule has 0 amide bonds. The summed E-state index contributed by atoms with van der Waals surface area (Å²) < 4.78 is 13.0. The average Bonchev–Trinajstić information content (AvgIpc) is 2.38. The number of hydrogen-bond acceptors (Lipinski definition) is 3. The third-order valence-corrected chi connectivity index (χ3v) is 2.92. The number of aromatic amines is 1. The molecular weight excluding hydrogens is 257 g/mol. The Kier molecular flexibility index (Phi) is 4.50. The van der Waals surface area contributed by atoms with E-state index in [2.05, 4.69) is 15.3 Å². The Morgan fingerprint density at radius 2 is 2.15 bits per heavy atom. The Morgan fingerprint density at radius 1 is 1.35 bits per heavy atom. The molecule has 0 aliphatic heterocycles. The lowest BCUT2D eigenvalue weighted by Gasteiger charge is -2.09. The first kappa shape index (κ1) is 14.2. The smallest absolute Gasteiger partial charge is 0.252 e. The van der Waals surface area contributed by atoms with Gasteiger partial charge in [-0.15, -0.1) is 0 Å². The zero-order chi connectivity index (χ0) is 14.5. The second-order valence-electron chi connectivity index (χ2n) is 4.98. The van der Waals surface area contributed by atoms with Gasteiger partial charge < -0.3 is 10.3 Å². The Morgan fingerprint density at radius 3 is 2.85 bits per heavy atom. The molecular formula is C15H18FN3O. The van der Waals surface area contributed by atoms with Crippen LogP contribution in [0, 0.1) is 5.82 Å². The maximum atomic E-state index is 13.0. The molecule has 0 bridgehead atoms. The second-order valence-corrected chi connectivity index (χ2v) is 4.98. The molecule has 0 spiro atoms. The Bertz CT molecular complexity index is 637. The molecule has 106 valence electrons. The van der Waals surface area contributed by atoms with Crippen molar-refractivity contribution in [3.63, 3.8) is 0 Å². The van der Waals surface area contributed by atoms with E-state index >= 15 is 0 Å². The van der Waals surface area contributed by atoms with Gasteiger partial charge in [-0.05, 0) is 24.1 Å². The standard InChI is InChI=1S/C15H18FN3O/c1-10(2)15-18-13(9-14(20)19-15)17-7-6-11-4-3-5-12(16)8-11/h3-5,8-10H,6-7H2,1-2H3,(H2,17,18,19,20). The fourth-order valence-corrected chi connectivity index (χ4v) is 1.87. The molecule has 0 saturated carbocycles. The molecule has 0 saturated heterocycles. The van der Waals surface area contributed by atoms with E-state index in [0.29, 0.717) is 24.6 Å². The van der Waals surface area contributed by atoms with Crippen molar-refractivity contribution >= 4 is 5.82 Å². The predicted molar refractivity (Wildman–Crippen MR) is 77.5 cm³/mol. The first-order chi connectivity index (χ1) is 9.54. The topological polar surface area (TPSA) is 57.8 Å². The highest BCUT2D eigenvalue weighted by Crippen LogP contribution is 2.09. The fraction of sp³-hybridized carbons (Fsp3) is 0.333. The maximum Gasteiger partial charge on any atom is 0.252 e. The lowest BCUT2D eigenvalue weighted by Crippen LogP contribution is -2.15. The summed E-state index contributed by atoms with van der Waals surface area (Å²) in [5, 5.41) is 3.10. The number of nitrogens with one attached hydrogen (secondary N) is 2. The van der Waals surface area contributed by atoms with Gasteiger partial charge in [0.05, 0.1) is 0 Å². The number of nitrogens with zero attached hydrogens (tertiary/aromatic N) is 1. The van der Waals surface area contributed by atoms with Gasteiger partial charge in [0.1, 0.15) is 17.5 Å². The first-order valence-corrected chi connectivity index (χ1v) is 6.64. The molecule has 0 aliphatic rings. The molecule has 0 fully saturated rings. The van der Waals surface area contributed by atoms with Crippen LogP contribution in [0.1, 0.15) is 31.2 Å². The zero-order valence-corrected chi connectivity index (χ0v) is 11.6. The van der Waals surface area contributed by atoms with Gasteiger partial charge in [-0.25, -0.2) is 9.37 Å². The molecule has 0 radical (unpaired) electrons. The van der Waals surface area contributed by atoms with Crippen LogP contribution in [0.2, 0.25) is 0 Å². The van der Waals surface area contributed by atoms with Gasteiger partial charge in [0.2, 0.25) is 0 Å². The van der Waals surface area contributed by atoms with E-state index in [1.165, 1.54) is 18.2 Å². The average molecular weight is 275 g/mol. The minimum atomic E-state index is -0.237. The molecule has 0 unspecified atom stereocenters. The van der Waals surface area contributed by atoms with E-state index in [-0.39, 0.29) is 17.3 Å². The van der Waals surface area contributed by atoms with Crippen molar-refractivity contribution in [3.05, 3.63) is 57.9 Å². The SMILES string of the molecule is CC(C)c1nc(NCCc2cccc(F)c2)cc(=O)[nH]1. The van der Waals surface area contributed by atoms with Crippen molar-refractivity contribution in [2.24, 2.45) is 0 Å². The molecule has 4 nitrogen and oxygen atoms in total. The van der Waals surface area contributed by atoms with Gasteiger partial charge in [0.25, 0.3) is 5.56 Å². The lowest BCUT2D eigenvalue weighted by atomic mass is 10.1. The number of anilines is 1. The van der Waals surface area contributed by atoms with Gasteiger partial charge in [0, 0.05) is 18.5 Å². The molecule has 5 heteroatoms. The van der Waals surface area contributed by atoms with Crippen LogP contribution in [0.15, 0.2) is 35.1 Å². The third-order valence-electron chi connectivity index (χ3n) is 2.92. The highest BCUT2D eigenvalue weighted by atomic mass is 19.1. The van der Waals surface area contributed by atoms with Crippen LogP contribution in [0.25, 0.3) is 0 Å². The van der Waals surface area contributed by atoms with Crippen LogP contribution in [0.4, 0.5) is 10.2 Å². The molecule has 1 aromatic carbocycles. The summed E-state index contributed by atoms with van der Waals surface area (Å²) in [4.78, 5) is 18.6. The van der Waals surface area contributed by atoms with Crippen molar-refractivity contribution in [1.82, 2.24) is 9.97 Å². The van der Waals surface area contributed by atoms with E-state index in [9.17, 15) is 9.18 Å². The number of rotatable bonds is 5. The summed E-state index contributed by atoms with van der Waals surface area (Å²) in [7, 11) is 0. The van der Waals surface area contributed by atoms with Crippen LogP contribution in [-0.2, 0) is 6.42 Å². The first-order valence-electron chi connectivity index (χ1n) is 6.64. The molecule has 2 rings (SSSR count). The summed E-state index contributed by atoms with van der Waals surface area (Å²) in [5.74, 6) is 1.13. The summed E-state index contributed by atoms with van der Waals surface area (Å²) in [6.07, 6.45) is 0.670. The fourth-order valence-electron chi connectivity index (χ4n) is 1.87. The quantitative estimate of drug-likeness (QED) is 0.882. The Hall–Kier alpha value is -2.17. The van der Waals surface area contributed by atoms with Crippen molar-refractivity contribution < 1.29 is 4.39 Å². The predicted octanol–water partition coefficient (Wildman–Crippen LogP) is 2.69. The zero-order valence-electron chi connectivity index (χ0n) is 11.6. The molecule has 2 aromatic rings. The van der Waals surface area contributed by atoms with Crippen LogP contribution in [-0.4, -0.2) is 16.5 Å². The maximum absolute atomic E-state index is 13.0. The summed E-state index contributed by atoms with van der Waals surface area (Å²) in [5.41, 5.74) is 0.739. The van der Waals surface area contributed by atoms with E-state index < -0.39 is 0 Å². The minimum Gasteiger partial charge on any atom is -0.370 e. The van der Waals surface area contributed by atoms with Crippen LogP contribution in [0.3, 0.4) is 0 Å². The number of H-pyrrole nitrogens is 1. The highest BCUT2D eigenvalue weighted by Gasteiger charge is 2.05. The number of halogens is 1. The largest absolute Gasteiger partial charge is 0.370 e. The van der Waals surface area contributed by atoms with Crippen molar-refractivity contribution in [3.8, 4) is 0 Å². The van der Waals surface area contributed by atoms with E-state index in [0.717, 1.165) is 5.56 Å². The molecule has 1 heterocycles. The molecule has 1 aromatic heterocycles. The molecule has 2 N–H and O–H groups in total. The van der Waals surface area contributed by atoms with Gasteiger partial charge in [-0.1, -0.05) is 26.0 Å². The minimum absolute atomic E-state index is 0.160. The van der Waals surface area contributed by atoms with Crippen molar-refractivity contribution in [2.45, 2.75) is 26.2 Å². The van der Waals surface area contributed by atoms with E-state index in [1.807, 2.05) is 19.9 Å². The van der Waals surface area contributed by atoms with Crippen molar-refractivity contribution in [1.29, 1.82) is 0 Å². The molecule has 20 heavy (non-hydrogen) atoms. The van der Waals surface area contributed by atoms with Crippen LogP contribution < -0.4 is 10.9 Å². The van der Waals surface area contributed by atoms with Gasteiger partial charge >= 0.3 is 0 Å². The van der Waals surface area contributed by atoms with E-state index in [4.69, 9.17) is 0 Å². The van der Waals surface area contributed by atoms with Crippen LogP contribution in [0.5, 0.6) is 0 Å². The Labute approximate surface area is 117 Å². The van der Waals surface area contributed by atoms with E-state index in [1.54, 1.807) is 6.07 Å². The van der Waals surface area contributed by atoms with Gasteiger partial charge in [-0.2, -0.15) is 0 Å². The monoisotopic (exact) mass is 275 g/mol. The summed E-state index contributed by atoms with van der Waals surface area (Å²) in [6, 6.07) is 7.91. The third kappa shape index (κ3) is 3.91. The normalized spacial score (nSPS) is 10.8. The van der Waals surface area contributed by atoms with Gasteiger partial charge in [0.15, 0.2) is 0 Å². The number of aromatic nitrogens is 2. The number of hydrogen-bond donors (Lipinski definition) is 2. The Balaban J connectivity index is 1.99. The lowest BCUT2D eigenvalue weighted by molar-refractivity contribution is 0.625. The van der Waals surface area contributed by atoms with Crippen LogP contribution >= 0.6 is 0 Å². The van der Waals surface area contributed by atoms with Gasteiger partial charge in [-0.3, -0.25) is 4.79 Å². The summed E-state index contributed by atoms with van der Waals surface area (Å²) in [6.45, 7) is 4.53. The molecule has 0 atom stereocenters. The van der Waals surface area contributed by atoms with Crippen molar-refractivity contribution in [2.75, 3.05) is 11.9 Å². The number of benzene rings is 1. The highest BCUT2D eigenvalue weighted by molar-refractivity contribution is 5.33. The molecule has 0 aliphatic carbocycles.